The van der Waals surface area contributed by atoms with Crippen LogP contribution in [-0.4, -0.2) is 36.4 Å². The van der Waals surface area contributed by atoms with Crippen LogP contribution in [0.5, 0.6) is 0 Å². The predicted molar refractivity (Wildman–Crippen MR) is 89.3 cm³/mol. The third kappa shape index (κ3) is 4.05. The summed E-state index contributed by atoms with van der Waals surface area (Å²) in [5.41, 5.74) is 1.33. The van der Waals surface area contributed by atoms with Gasteiger partial charge in [-0.3, -0.25) is 4.79 Å². The number of aryl methyl sites for hydroxylation is 2. The van der Waals surface area contributed by atoms with Gasteiger partial charge in [0.1, 0.15) is 0 Å². The summed E-state index contributed by atoms with van der Waals surface area (Å²) in [6, 6.07) is 3.02. The Morgan fingerprint density at radius 3 is 2.65 bits per heavy atom. The highest BCUT2D eigenvalue weighted by molar-refractivity contribution is 7.89. The molecule has 1 unspecified atom stereocenters. The maximum Gasteiger partial charge on any atom is 0.303 e. The van der Waals surface area contributed by atoms with E-state index in [-0.39, 0.29) is 17.4 Å². The molecular formula is C16H22ClNO4S. The summed E-state index contributed by atoms with van der Waals surface area (Å²) in [5.74, 6) is -0.897. The fraction of sp³-hybridized carbons (Fsp3) is 0.562. The van der Waals surface area contributed by atoms with Crippen molar-refractivity contribution in [2.75, 3.05) is 6.54 Å². The topological polar surface area (TPSA) is 74.7 Å². The van der Waals surface area contributed by atoms with Crippen molar-refractivity contribution in [3.8, 4) is 0 Å². The van der Waals surface area contributed by atoms with Crippen LogP contribution >= 0.6 is 11.6 Å². The number of aliphatic carboxylic acids is 1. The van der Waals surface area contributed by atoms with E-state index in [0.29, 0.717) is 30.0 Å². The molecular weight excluding hydrogens is 338 g/mol. The van der Waals surface area contributed by atoms with E-state index in [9.17, 15) is 13.2 Å². The molecule has 128 valence electrons. The molecule has 2 rings (SSSR count). The second-order valence-electron chi connectivity index (χ2n) is 6.06. The van der Waals surface area contributed by atoms with Crippen LogP contribution in [0.1, 0.15) is 43.2 Å². The molecule has 1 aliphatic heterocycles. The zero-order chi connectivity index (χ0) is 17.2. The van der Waals surface area contributed by atoms with Gasteiger partial charge in [-0.1, -0.05) is 18.0 Å². The van der Waals surface area contributed by atoms with Crippen LogP contribution in [0.15, 0.2) is 17.0 Å². The standard InChI is InChI=1S/C16H22ClNO4S/c1-11-10-15(12(2)9-14(11)17)23(21,22)18-8-4-3-5-13(18)6-7-16(19)20/h9-10,13H,3-8H2,1-2H3,(H,19,20). The number of carbonyl (C=O) groups is 1. The van der Waals surface area contributed by atoms with Crippen LogP contribution in [0, 0.1) is 13.8 Å². The van der Waals surface area contributed by atoms with Crippen LogP contribution < -0.4 is 0 Å². The summed E-state index contributed by atoms with van der Waals surface area (Å²) in [6.07, 6.45) is 2.76. The number of halogens is 1. The van der Waals surface area contributed by atoms with E-state index in [1.807, 2.05) is 0 Å². The Labute approximate surface area is 142 Å². The van der Waals surface area contributed by atoms with Gasteiger partial charge in [-0.25, -0.2) is 8.42 Å². The molecule has 0 bridgehead atoms. The number of rotatable bonds is 5. The van der Waals surface area contributed by atoms with E-state index in [4.69, 9.17) is 16.7 Å². The van der Waals surface area contributed by atoms with Gasteiger partial charge in [0, 0.05) is 24.0 Å². The Kier molecular flexibility index (Phi) is 5.70. The number of carboxylic acids is 1. The maximum atomic E-state index is 13.1. The molecule has 0 amide bonds. The fourth-order valence-electron chi connectivity index (χ4n) is 3.03. The second-order valence-corrected chi connectivity index (χ2v) is 8.33. The van der Waals surface area contributed by atoms with Gasteiger partial charge >= 0.3 is 5.97 Å². The summed E-state index contributed by atoms with van der Waals surface area (Å²) in [5, 5.41) is 9.42. The van der Waals surface area contributed by atoms with Crippen molar-refractivity contribution in [3.63, 3.8) is 0 Å². The Bertz CT molecular complexity index is 702. The van der Waals surface area contributed by atoms with Crippen molar-refractivity contribution in [1.82, 2.24) is 4.31 Å². The molecule has 0 aromatic heterocycles. The molecule has 1 saturated heterocycles. The third-order valence-electron chi connectivity index (χ3n) is 4.31. The molecule has 23 heavy (non-hydrogen) atoms. The number of sulfonamides is 1. The second kappa shape index (κ2) is 7.20. The molecule has 0 spiro atoms. The van der Waals surface area contributed by atoms with E-state index < -0.39 is 16.0 Å². The van der Waals surface area contributed by atoms with Crippen LogP contribution in [0.3, 0.4) is 0 Å². The lowest BCUT2D eigenvalue weighted by molar-refractivity contribution is -0.137. The Balaban J connectivity index is 2.36. The first-order valence-electron chi connectivity index (χ1n) is 7.74. The summed E-state index contributed by atoms with van der Waals surface area (Å²) < 4.78 is 27.6. The molecule has 1 aromatic rings. The van der Waals surface area contributed by atoms with Crippen molar-refractivity contribution in [2.24, 2.45) is 0 Å². The Morgan fingerprint density at radius 2 is 2.00 bits per heavy atom. The van der Waals surface area contributed by atoms with Gasteiger partial charge in [-0.2, -0.15) is 4.31 Å². The molecule has 1 aliphatic rings. The van der Waals surface area contributed by atoms with E-state index in [1.54, 1.807) is 26.0 Å². The maximum absolute atomic E-state index is 13.1. The fourth-order valence-corrected chi connectivity index (χ4v) is 5.26. The monoisotopic (exact) mass is 359 g/mol. The molecule has 1 atom stereocenters. The Morgan fingerprint density at radius 1 is 1.30 bits per heavy atom. The zero-order valence-corrected chi connectivity index (χ0v) is 15.0. The number of nitrogens with zero attached hydrogens (tertiary/aromatic N) is 1. The number of hydrogen-bond acceptors (Lipinski definition) is 3. The van der Waals surface area contributed by atoms with Crippen molar-refractivity contribution in [1.29, 1.82) is 0 Å². The minimum Gasteiger partial charge on any atom is -0.481 e. The van der Waals surface area contributed by atoms with Gasteiger partial charge in [-0.15, -0.1) is 0 Å². The summed E-state index contributed by atoms with van der Waals surface area (Å²) in [6.45, 7) is 3.95. The molecule has 5 nitrogen and oxygen atoms in total. The zero-order valence-electron chi connectivity index (χ0n) is 13.4. The SMILES string of the molecule is Cc1cc(S(=O)(=O)N2CCCCC2CCC(=O)O)c(C)cc1Cl. The van der Waals surface area contributed by atoms with Crippen LogP contribution in [0.25, 0.3) is 0 Å². The molecule has 0 radical (unpaired) electrons. The van der Waals surface area contributed by atoms with Crippen LogP contribution in [0.2, 0.25) is 5.02 Å². The van der Waals surface area contributed by atoms with E-state index in [1.165, 1.54) is 4.31 Å². The molecule has 7 heteroatoms. The van der Waals surface area contributed by atoms with Gasteiger partial charge < -0.3 is 5.11 Å². The highest BCUT2D eigenvalue weighted by Gasteiger charge is 2.34. The van der Waals surface area contributed by atoms with Gasteiger partial charge in [0.05, 0.1) is 4.90 Å². The van der Waals surface area contributed by atoms with Gasteiger partial charge in [0.2, 0.25) is 10.0 Å². The van der Waals surface area contributed by atoms with Gasteiger partial charge in [0.25, 0.3) is 0 Å². The average Bonchev–Trinajstić information content (AvgIpc) is 2.49. The highest BCUT2D eigenvalue weighted by Crippen LogP contribution is 2.31. The van der Waals surface area contributed by atoms with Crippen molar-refractivity contribution in [3.05, 3.63) is 28.3 Å². The lowest BCUT2D eigenvalue weighted by atomic mass is 10.0. The predicted octanol–water partition coefficient (Wildman–Crippen LogP) is 3.36. The van der Waals surface area contributed by atoms with Crippen molar-refractivity contribution < 1.29 is 18.3 Å². The average molecular weight is 360 g/mol. The van der Waals surface area contributed by atoms with Crippen molar-refractivity contribution in [2.45, 2.75) is 56.9 Å². The van der Waals surface area contributed by atoms with Crippen molar-refractivity contribution >= 4 is 27.6 Å². The normalized spacial score (nSPS) is 19.7. The molecule has 1 N–H and O–H groups in total. The van der Waals surface area contributed by atoms with Crippen LogP contribution in [-0.2, 0) is 14.8 Å². The quantitative estimate of drug-likeness (QED) is 0.874. The first-order chi connectivity index (χ1) is 10.7. The molecule has 0 aliphatic carbocycles. The minimum absolute atomic E-state index is 0.0185. The number of hydrogen-bond donors (Lipinski definition) is 1. The molecule has 1 heterocycles. The summed E-state index contributed by atoms with van der Waals surface area (Å²) >= 11 is 6.06. The number of carboxylic acid groups (broad SMARTS) is 1. The first kappa shape index (κ1) is 18.2. The smallest absolute Gasteiger partial charge is 0.303 e. The van der Waals surface area contributed by atoms with E-state index >= 15 is 0 Å². The van der Waals surface area contributed by atoms with E-state index in [2.05, 4.69) is 0 Å². The summed E-state index contributed by atoms with van der Waals surface area (Å²) in [7, 11) is -3.65. The molecule has 0 saturated carbocycles. The third-order valence-corrected chi connectivity index (χ3v) is 6.81. The largest absolute Gasteiger partial charge is 0.481 e. The molecule has 1 fully saturated rings. The first-order valence-corrected chi connectivity index (χ1v) is 9.55. The lowest BCUT2D eigenvalue weighted by Crippen LogP contribution is -2.44. The lowest BCUT2D eigenvalue weighted by Gasteiger charge is -2.35. The minimum atomic E-state index is -3.65. The summed E-state index contributed by atoms with van der Waals surface area (Å²) in [4.78, 5) is 11.1. The number of benzene rings is 1. The highest BCUT2D eigenvalue weighted by atomic mass is 35.5. The molecule has 1 aromatic carbocycles. The van der Waals surface area contributed by atoms with Gasteiger partial charge in [-0.05, 0) is 56.4 Å². The number of piperidine rings is 1. The van der Waals surface area contributed by atoms with E-state index in [0.717, 1.165) is 18.4 Å². The van der Waals surface area contributed by atoms with Gasteiger partial charge in [0.15, 0.2) is 0 Å². The Hall–Kier alpha value is -1.11. The van der Waals surface area contributed by atoms with Crippen LogP contribution in [0.4, 0.5) is 0 Å².